The third kappa shape index (κ3) is 7.99. The van der Waals surface area contributed by atoms with E-state index in [0.717, 1.165) is 24.4 Å². The van der Waals surface area contributed by atoms with Crippen molar-refractivity contribution in [3.8, 4) is 22.8 Å². The van der Waals surface area contributed by atoms with Crippen LogP contribution < -0.4 is 0 Å². The quantitative estimate of drug-likeness (QED) is 0.0736. The number of aromatic nitrogens is 6. The molecule has 0 aliphatic heterocycles. The average molecular weight is 848 g/mol. The van der Waals surface area contributed by atoms with Crippen molar-refractivity contribution in [1.82, 2.24) is 29.1 Å². The van der Waals surface area contributed by atoms with E-state index in [1.165, 1.54) is 63.5 Å². The summed E-state index contributed by atoms with van der Waals surface area (Å²) in [7, 11) is 5.82. The second-order valence-electron chi connectivity index (χ2n) is 11.1. The van der Waals surface area contributed by atoms with Crippen LogP contribution in [0.15, 0.2) is 67.6 Å². The van der Waals surface area contributed by atoms with E-state index in [1.807, 2.05) is 0 Å². The normalized spacial score (nSPS) is 11.7. The van der Waals surface area contributed by atoms with Crippen LogP contribution in [0.25, 0.3) is 55.5 Å². The minimum absolute atomic E-state index is 0.0159. The smallest absolute Gasteiger partial charge is 0.417 e. The summed E-state index contributed by atoms with van der Waals surface area (Å²) in [4.78, 5) is 43.9. The number of carbonyl (C=O) groups is 2. The minimum atomic E-state index is -4.66. The van der Waals surface area contributed by atoms with Crippen molar-refractivity contribution in [3.63, 3.8) is 0 Å². The Morgan fingerprint density at radius 3 is 1.60 bits per heavy atom. The first-order valence-electron chi connectivity index (χ1n) is 14.9. The molecule has 53 heavy (non-hydrogen) atoms. The fraction of sp³-hybridized carbons (Fsp3) is 0.171. The second kappa shape index (κ2) is 15.0. The van der Waals surface area contributed by atoms with Gasteiger partial charge in [0.05, 0.1) is 102 Å². The molecule has 6 aromatic rings. The number of benzene rings is 2. The number of nitrogens with zero attached hydrogens (tertiary/aromatic N) is 7. The van der Waals surface area contributed by atoms with Crippen LogP contribution >= 0.6 is 22.6 Å². The summed E-state index contributed by atoms with van der Waals surface area (Å²) in [6, 6.07) is 7.24. The van der Waals surface area contributed by atoms with E-state index < -0.39 is 35.4 Å². The van der Waals surface area contributed by atoms with Crippen molar-refractivity contribution in [2.45, 2.75) is 12.4 Å². The zero-order chi connectivity index (χ0) is 38.8. The first-order valence-corrected chi connectivity index (χ1v) is 16.0. The Labute approximate surface area is 309 Å². The average Bonchev–Trinajstić information content (AvgIpc) is 3.75. The molecule has 0 radical (unpaired) electrons. The Morgan fingerprint density at radius 2 is 1.21 bits per heavy atom. The van der Waals surface area contributed by atoms with Crippen molar-refractivity contribution >= 4 is 62.4 Å². The molecule has 0 atom stereocenters. The monoisotopic (exact) mass is 847 g/mol. The van der Waals surface area contributed by atoms with Crippen LogP contribution in [-0.2, 0) is 35.9 Å². The standard InChI is InChI=1S/C19H13F3N4O2.C16H11F3IN3O2/c1-23-5-4-11-6-12-13(18(27)28-3)7-16(17-9-24-10-26(17)2)25-15(12)8-14(11)19(20,21)22;1-23-7-21-6-14(23)13-4-9(15(24)25-2)8-3-11(20)10(16(17,18)19)5-12(8)22-13/h4-10H,2-3H3;3-7H,1-2H3. The van der Waals surface area contributed by atoms with Crippen LogP contribution in [-0.4, -0.2) is 55.2 Å². The summed E-state index contributed by atoms with van der Waals surface area (Å²) in [5, 5.41) is 0.491. The highest BCUT2D eigenvalue weighted by Crippen LogP contribution is 2.38. The van der Waals surface area contributed by atoms with Gasteiger partial charge in [-0.15, -0.1) is 0 Å². The number of aryl methyl sites for hydroxylation is 2. The lowest BCUT2D eigenvalue weighted by Gasteiger charge is -2.14. The molecule has 6 rings (SSSR count). The van der Waals surface area contributed by atoms with Gasteiger partial charge < -0.3 is 18.6 Å². The lowest BCUT2D eigenvalue weighted by Crippen LogP contribution is -2.10. The van der Waals surface area contributed by atoms with Crippen LogP contribution in [0.5, 0.6) is 0 Å². The molecule has 0 spiro atoms. The number of fused-ring (bicyclic) bond motifs is 2. The number of hydrogen-bond donors (Lipinski definition) is 0. The van der Waals surface area contributed by atoms with Crippen molar-refractivity contribution < 1.29 is 45.4 Å². The third-order valence-electron chi connectivity index (χ3n) is 7.79. The highest BCUT2D eigenvalue weighted by atomic mass is 127. The highest BCUT2D eigenvalue weighted by Gasteiger charge is 2.35. The fourth-order valence-corrected chi connectivity index (χ4v) is 6.06. The summed E-state index contributed by atoms with van der Waals surface area (Å²) < 4.78 is 93.0. The number of hydrogen-bond acceptors (Lipinski definition) is 8. The summed E-state index contributed by atoms with van der Waals surface area (Å²) >= 11 is 1.60. The topological polar surface area (TPSA) is 118 Å². The first-order chi connectivity index (χ1) is 25.0. The van der Waals surface area contributed by atoms with E-state index in [1.54, 1.807) is 45.8 Å². The van der Waals surface area contributed by atoms with Gasteiger partial charge in [-0.05, 0) is 64.6 Å². The fourth-order valence-electron chi connectivity index (χ4n) is 5.28. The van der Waals surface area contributed by atoms with E-state index in [0.29, 0.717) is 22.5 Å². The lowest BCUT2D eigenvalue weighted by atomic mass is 9.99. The molecular formula is C35H24F6IN7O4. The van der Waals surface area contributed by atoms with E-state index in [2.05, 4.69) is 24.8 Å². The number of esters is 2. The number of pyridine rings is 2. The van der Waals surface area contributed by atoms with E-state index in [-0.39, 0.29) is 42.4 Å². The van der Waals surface area contributed by atoms with Gasteiger partial charge in [0.2, 0.25) is 0 Å². The number of ether oxygens (including phenoxy) is 2. The molecule has 4 aromatic heterocycles. The van der Waals surface area contributed by atoms with Gasteiger partial charge in [0.1, 0.15) is 0 Å². The Morgan fingerprint density at radius 1 is 0.755 bits per heavy atom. The summed E-state index contributed by atoms with van der Waals surface area (Å²) in [5.74, 6) is -1.36. The Balaban J connectivity index is 0.000000206. The zero-order valence-corrected chi connectivity index (χ0v) is 30.0. The number of imidazole rings is 2. The Hall–Kier alpha value is -5.84. The van der Waals surface area contributed by atoms with Crippen LogP contribution in [0.2, 0.25) is 0 Å². The molecule has 0 aliphatic carbocycles. The van der Waals surface area contributed by atoms with Gasteiger partial charge in [0.25, 0.3) is 0 Å². The summed E-state index contributed by atoms with van der Waals surface area (Å²) in [5.41, 5.74) is -0.0272. The number of rotatable bonds is 5. The molecule has 0 N–H and O–H groups in total. The van der Waals surface area contributed by atoms with Gasteiger partial charge >= 0.3 is 24.3 Å². The largest absolute Gasteiger partial charge is 0.465 e. The van der Waals surface area contributed by atoms with Crippen molar-refractivity contribution in [1.29, 1.82) is 0 Å². The molecule has 4 heterocycles. The molecule has 0 saturated heterocycles. The molecule has 2 aromatic carbocycles. The van der Waals surface area contributed by atoms with E-state index in [4.69, 9.17) is 16.0 Å². The lowest BCUT2D eigenvalue weighted by molar-refractivity contribution is -0.138. The molecule has 0 unspecified atom stereocenters. The molecule has 0 saturated carbocycles. The number of alkyl halides is 6. The van der Waals surface area contributed by atoms with Gasteiger partial charge in [0.15, 0.2) is 6.20 Å². The van der Waals surface area contributed by atoms with Crippen LogP contribution in [0, 0.1) is 10.1 Å². The predicted octanol–water partition coefficient (Wildman–Crippen LogP) is 8.38. The second-order valence-corrected chi connectivity index (χ2v) is 12.3. The van der Waals surface area contributed by atoms with Gasteiger partial charge in [-0.3, -0.25) is 0 Å². The molecule has 0 amide bonds. The Kier molecular flexibility index (Phi) is 10.9. The molecular weight excluding hydrogens is 823 g/mol. The van der Waals surface area contributed by atoms with Crippen molar-refractivity contribution in [3.05, 3.63) is 110 Å². The summed E-state index contributed by atoms with van der Waals surface area (Å²) in [6.07, 6.45) is -1.14. The van der Waals surface area contributed by atoms with Gasteiger partial charge in [-0.25, -0.2) is 34.4 Å². The highest BCUT2D eigenvalue weighted by molar-refractivity contribution is 14.1. The number of carbonyl (C=O) groups excluding carboxylic acids is 2. The maximum Gasteiger partial charge on any atom is 0.417 e. The molecule has 0 fully saturated rings. The SMILES string of the molecule is COC(=O)c1cc(-c2cncn2C)nc2cc(C(F)(F)F)c(I)cc12.[C-]#[N+]C=Cc1cc2c(C(=O)OC)cc(-c3cncn3C)nc2cc1C(F)(F)F. The van der Waals surface area contributed by atoms with Gasteiger partial charge in [-0.2, -0.15) is 26.3 Å². The number of halogens is 7. The first kappa shape index (κ1) is 38.4. The summed E-state index contributed by atoms with van der Waals surface area (Å²) in [6.45, 7) is 6.77. The maximum atomic E-state index is 13.5. The number of methoxy groups -OCH3 is 2. The van der Waals surface area contributed by atoms with Crippen molar-refractivity contribution in [2.75, 3.05) is 14.2 Å². The maximum absolute atomic E-state index is 13.5. The molecule has 18 heteroatoms. The molecule has 11 nitrogen and oxygen atoms in total. The van der Waals surface area contributed by atoms with Gasteiger partial charge in [-0.1, -0.05) is 6.08 Å². The van der Waals surface area contributed by atoms with E-state index in [9.17, 15) is 35.9 Å². The zero-order valence-electron chi connectivity index (χ0n) is 27.8. The van der Waals surface area contributed by atoms with Crippen LogP contribution in [0.3, 0.4) is 0 Å². The van der Waals surface area contributed by atoms with Crippen LogP contribution in [0.4, 0.5) is 26.3 Å². The Bertz CT molecular complexity index is 2460. The van der Waals surface area contributed by atoms with Gasteiger partial charge in [0, 0.05) is 28.4 Å². The molecule has 0 bridgehead atoms. The van der Waals surface area contributed by atoms with E-state index >= 15 is 0 Å². The third-order valence-corrected chi connectivity index (χ3v) is 8.68. The minimum Gasteiger partial charge on any atom is -0.465 e. The molecule has 0 aliphatic rings. The predicted molar refractivity (Wildman–Crippen MR) is 189 cm³/mol. The molecule has 272 valence electrons. The van der Waals surface area contributed by atoms with Crippen LogP contribution in [0.1, 0.15) is 37.4 Å². The van der Waals surface area contributed by atoms with Crippen molar-refractivity contribution in [2.24, 2.45) is 14.1 Å².